The molecule has 4 heteroatoms. The predicted molar refractivity (Wildman–Crippen MR) is 68.6 cm³/mol. The number of ketones is 1. The second-order valence-corrected chi connectivity index (χ2v) is 5.02. The minimum atomic E-state index is -0.669. The number of hydrogen-bond donors (Lipinski definition) is 1. The Kier molecular flexibility index (Phi) is 2.48. The van der Waals surface area contributed by atoms with E-state index in [9.17, 15) is 4.79 Å². The fourth-order valence-corrected chi connectivity index (χ4v) is 2.39. The number of hydrogen-bond acceptors (Lipinski definition) is 4. The first-order chi connectivity index (χ1) is 8.63. The fourth-order valence-electron chi connectivity index (χ4n) is 2.39. The molecular formula is C14H16N2O2. The monoisotopic (exact) mass is 244 g/mol. The first-order valence-corrected chi connectivity index (χ1v) is 6.21. The van der Waals surface area contributed by atoms with Crippen LogP contribution in [0.1, 0.15) is 25.3 Å². The van der Waals surface area contributed by atoms with Crippen LogP contribution in [-0.2, 0) is 9.53 Å². The molecule has 1 aromatic carbocycles. The molecule has 3 rings (SSSR count). The average molecular weight is 244 g/mol. The minimum absolute atomic E-state index is 0.00820. The van der Waals surface area contributed by atoms with Crippen molar-refractivity contribution in [2.75, 3.05) is 6.54 Å². The molecule has 0 amide bonds. The van der Waals surface area contributed by atoms with E-state index < -0.39 is 5.60 Å². The molecule has 2 aliphatic heterocycles. The highest BCUT2D eigenvalue weighted by atomic mass is 16.6. The Bertz CT molecular complexity index is 512. The number of nitrogens with one attached hydrogen (secondary N) is 1. The second kappa shape index (κ2) is 3.92. The smallest absolute Gasteiger partial charge is 0.213 e. The van der Waals surface area contributed by atoms with Crippen LogP contribution in [0.15, 0.2) is 35.4 Å². The zero-order chi connectivity index (χ0) is 12.8. The van der Waals surface area contributed by atoms with Crippen molar-refractivity contribution >= 4 is 11.5 Å². The van der Waals surface area contributed by atoms with E-state index in [4.69, 9.17) is 4.74 Å². The second-order valence-electron chi connectivity index (χ2n) is 5.02. The topological polar surface area (TPSA) is 54.0 Å². The summed E-state index contributed by atoms with van der Waals surface area (Å²) in [6.07, 6.45) is -0.00952. The molecule has 0 unspecified atom stereocenters. The van der Waals surface area contributed by atoms with Crippen LogP contribution >= 0.6 is 0 Å². The van der Waals surface area contributed by atoms with Crippen LogP contribution < -0.4 is 5.43 Å². The summed E-state index contributed by atoms with van der Waals surface area (Å²) in [5.74, 6) is 0.0424. The van der Waals surface area contributed by atoms with E-state index >= 15 is 0 Å². The Hall–Kier alpha value is -1.68. The summed E-state index contributed by atoms with van der Waals surface area (Å²) in [6.45, 7) is 4.43. The lowest BCUT2D eigenvalue weighted by Crippen LogP contribution is -2.33. The third-order valence-electron chi connectivity index (χ3n) is 3.85. The van der Waals surface area contributed by atoms with Crippen molar-refractivity contribution in [3.05, 3.63) is 35.9 Å². The van der Waals surface area contributed by atoms with Gasteiger partial charge in [0.05, 0.1) is 12.0 Å². The van der Waals surface area contributed by atoms with Crippen molar-refractivity contribution in [1.29, 1.82) is 0 Å². The molecule has 18 heavy (non-hydrogen) atoms. The molecule has 1 aromatic rings. The lowest BCUT2D eigenvalue weighted by Gasteiger charge is -2.13. The molecule has 94 valence electrons. The van der Waals surface area contributed by atoms with Crippen LogP contribution in [0.5, 0.6) is 0 Å². The summed E-state index contributed by atoms with van der Waals surface area (Å²) >= 11 is 0. The van der Waals surface area contributed by atoms with Gasteiger partial charge < -0.3 is 10.2 Å². The Morgan fingerprint density at radius 3 is 2.72 bits per heavy atom. The number of epoxide rings is 1. The van der Waals surface area contributed by atoms with Crippen molar-refractivity contribution < 1.29 is 9.53 Å². The Balaban J connectivity index is 1.86. The first-order valence-electron chi connectivity index (χ1n) is 6.21. The van der Waals surface area contributed by atoms with Gasteiger partial charge in [0.25, 0.3) is 0 Å². The highest BCUT2D eigenvalue weighted by molar-refractivity contribution is 6.45. The molecule has 1 saturated heterocycles. The Labute approximate surface area is 106 Å². The number of Topliss-reactive ketones (excluding diaryl/α,β-unsaturated/α-hetero) is 1. The number of benzene rings is 1. The molecule has 0 aromatic heterocycles. The van der Waals surface area contributed by atoms with Gasteiger partial charge in [-0.2, -0.15) is 5.10 Å². The van der Waals surface area contributed by atoms with Crippen molar-refractivity contribution in [2.45, 2.75) is 31.5 Å². The third-order valence-corrected chi connectivity index (χ3v) is 3.85. The van der Waals surface area contributed by atoms with Gasteiger partial charge >= 0.3 is 0 Å². The van der Waals surface area contributed by atoms with Gasteiger partial charge in [0.1, 0.15) is 5.71 Å². The van der Waals surface area contributed by atoms with Crippen LogP contribution in [0, 0.1) is 0 Å². The van der Waals surface area contributed by atoms with E-state index in [2.05, 4.69) is 10.5 Å². The van der Waals surface area contributed by atoms with E-state index in [0.29, 0.717) is 12.3 Å². The quantitative estimate of drug-likeness (QED) is 0.819. The largest absolute Gasteiger partial charge is 0.358 e. The highest BCUT2D eigenvalue weighted by Gasteiger charge is 2.57. The van der Waals surface area contributed by atoms with Gasteiger partial charge in [0, 0.05) is 6.54 Å². The summed E-state index contributed by atoms with van der Waals surface area (Å²) in [6, 6.07) is 9.99. The van der Waals surface area contributed by atoms with E-state index in [-0.39, 0.29) is 17.8 Å². The van der Waals surface area contributed by atoms with Crippen LogP contribution in [0.4, 0.5) is 0 Å². The van der Waals surface area contributed by atoms with Gasteiger partial charge in [0.15, 0.2) is 5.60 Å². The first kappa shape index (κ1) is 11.4. The van der Waals surface area contributed by atoms with Crippen LogP contribution in [-0.4, -0.2) is 29.7 Å². The number of carbonyl (C=O) groups is 1. The van der Waals surface area contributed by atoms with Crippen molar-refractivity contribution in [2.24, 2.45) is 5.10 Å². The molecule has 0 spiro atoms. The number of carbonyl (C=O) groups excluding carboxylic acids is 1. The van der Waals surface area contributed by atoms with Crippen molar-refractivity contribution in [3.63, 3.8) is 0 Å². The zero-order valence-corrected chi connectivity index (χ0v) is 10.5. The van der Waals surface area contributed by atoms with E-state index in [0.717, 1.165) is 5.56 Å². The summed E-state index contributed by atoms with van der Waals surface area (Å²) in [5, 5.41) is 4.17. The molecule has 0 bridgehead atoms. The SMILES string of the molecule is C[C@@H]1O[C@]1(C)C(=O)C1=NNC[C@@H]1c1ccccc1. The molecule has 0 radical (unpaired) electrons. The van der Waals surface area contributed by atoms with E-state index in [1.165, 1.54) is 0 Å². The Morgan fingerprint density at radius 1 is 1.44 bits per heavy atom. The predicted octanol–water partition coefficient (Wildman–Crippen LogP) is 1.48. The van der Waals surface area contributed by atoms with Crippen molar-refractivity contribution in [3.8, 4) is 0 Å². The van der Waals surface area contributed by atoms with Crippen molar-refractivity contribution in [1.82, 2.24) is 5.43 Å². The molecule has 3 atom stereocenters. The summed E-state index contributed by atoms with van der Waals surface area (Å²) in [4.78, 5) is 12.4. The number of hydrazone groups is 1. The number of rotatable bonds is 3. The molecule has 0 saturated carbocycles. The normalized spacial score (nSPS) is 33.8. The summed E-state index contributed by atoms with van der Waals surface area (Å²) in [7, 11) is 0. The van der Waals surface area contributed by atoms with Gasteiger partial charge in [-0.3, -0.25) is 4.79 Å². The maximum atomic E-state index is 12.4. The standard InChI is InChI=1S/C14H16N2O2/c1-9-14(2,18-9)13(17)12-11(8-15-16-12)10-6-4-3-5-7-10/h3-7,9,11,15H,8H2,1-2H3/t9-,11+,14-/m0/s1. The minimum Gasteiger partial charge on any atom is -0.358 e. The van der Waals surface area contributed by atoms with E-state index in [1.54, 1.807) is 0 Å². The molecule has 1 N–H and O–H groups in total. The number of nitrogens with zero attached hydrogens (tertiary/aromatic N) is 1. The molecule has 4 nitrogen and oxygen atoms in total. The van der Waals surface area contributed by atoms with E-state index in [1.807, 2.05) is 44.2 Å². The van der Waals surface area contributed by atoms with Crippen LogP contribution in [0.3, 0.4) is 0 Å². The van der Waals surface area contributed by atoms with Gasteiger partial charge in [-0.05, 0) is 19.4 Å². The van der Waals surface area contributed by atoms with Gasteiger partial charge in [0.2, 0.25) is 5.78 Å². The summed E-state index contributed by atoms with van der Waals surface area (Å²) in [5.41, 5.74) is 3.97. The average Bonchev–Trinajstić information content (AvgIpc) is 2.83. The fraction of sp³-hybridized carbons (Fsp3) is 0.429. The lowest BCUT2D eigenvalue weighted by atomic mass is 9.87. The van der Waals surface area contributed by atoms with Gasteiger partial charge in [-0.15, -0.1) is 0 Å². The third kappa shape index (κ3) is 1.64. The summed E-state index contributed by atoms with van der Waals surface area (Å²) < 4.78 is 5.40. The van der Waals surface area contributed by atoms with Crippen LogP contribution in [0.2, 0.25) is 0 Å². The highest BCUT2D eigenvalue weighted by Crippen LogP contribution is 2.38. The molecule has 0 aliphatic carbocycles. The van der Waals surface area contributed by atoms with Crippen LogP contribution in [0.25, 0.3) is 0 Å². The molecular weight excluding hydrogens is 228 g/mol. The Morgan fingerprint density at radius 2 is 2.11 bits per heavy atom. The molecule has 1 fully saturated rings. The maximum Gasteiger partial charge on any atom is 0.213 e. The van der Waals surface area contributed by atoms with Gasteiger partial charge in [-0.1, -0.05) is 30.3 Å². The zero-order valence-electron chi connectivity index (χ0n) is 10.5. The molecule has 2 aliphatic rings. The number of ether oxygens (including phenoxy) is 1. The van der Waals surface area contributed by atoms with Gasteiger partial charge in [-0.25, -0.2) is 0 Å². The lowest BCUT2D eigenvalue weighted by molar-refractivity contribution is -0.117. The molecule has 2 heterocycles. The maximum absolute atomic E-state index is 12.4.